The second-order valence-corrected chi connectivity index (χ2v) is 5.03. The van der Waals surface area contributed by atoms with Crippen LogP contribution in [0, 0.1) is 5.41 Å². The molecule has 0 aliphatic rings. The first-order valence-corrected chi connectivity index (χ1v) is 5.81. The van der Waals surface area contributed by atoms with Gasteiger partial charge in [-0.15, -0.1) is 11.8 Å². The Morgan fingerprint density at radius 2 is 1.93 bits per heavy atom. The predicted molar refractivity (Wildman–Crippen MR) is 63.0 cm³/mol. The first-order valence-electron chi connectivity index (χ1n) is 4.82. The largest absolute Gasteiger partial charge is 0.469 e. The van der Waals surface area contributed by atoms with Crippen LogP contribution >= 0.6 is 11.8 Å². The molecule has 1 aromatic carbocycles. The van der Waals surface area contributed by atoms with Gasteiger partial charge in [-0.1, -0.05) is 18.2 Å². The molecule has 0 amide bonds. The summed E-state index contributed by atoms with van der Waals surface area (Å²) >= 11 is 1.67. The molecular formula is C12H16O2S. The van der Waals surface area contributed by atoms with Crippen molar-refractivity contribution in [3.05, 3.63) is 30.3 Å². The monoisotopic (exact) mass is 224 g/mol. The summed E-state index contributed by atoms with van der Waals surface area (Å²) in [5.41, 5.74) is -0.435. The number of ether oxygens (including phenoxy) is 1. The van der Waals surface area contributed by atoms with E-state index in [4.69, 9.17) is 4.74 Å². The van der Waals surface area contributed by atoms with Gasteiger partial charge in [0.05, 0.1) is 12.5 Å². The van der Waals surface area contributed by atoms with Gasteiger partial charge in [-0.25, -0.2) is 0 Å². The molecule has 3 heteroatoms. The van der Waals surface area contributed by atoms with Gasteiger partial charge in [-0.2, -0.15) is 0 Å². The third kappa shape index (κ3) is 3.59. The van der Waals surface area contributed by atoms with Crippen molar-refractivity contribution in [3.8, 4) is 0 Å². The highest BCUT2D eigenvalue weighted by Gasteiger charge is 2.28. The average Bonchev–Trinajstić information content (AvgIpc) is 2.27. The normalized spacial score (nSPS) is 11.1. The summed E-state index contributed by atoms with van der Waals surface area (Å²) in [7, 11) is 1.43. The van der Waals surface area contributed by atoms with Gasteiger partial charge in [-0.05, 0) is 26.0 Å². The minimum atomic E-state index is -0.435. The molecule has 2 nitrogen and oxygen atoms in total. The SMILES string of the molecule is COC(=O)C(C)(C)CSc1ccccc1. The van der Waals surface area contributed by atoms with Gasteiger partial charge in [0.1, 0.15) is 0 Å². The van der Waals surface area contributed by atoms with E-state index < -0.39 is 5.41 Å². The number of rotatable bonds is 4. The molecule has 15 heavy (non-hydrogen) atoms. The molecule has 0 aromatic heterocycles. The molecular weight excluding hydrogens is 208 g/mol. The van der Waals surface area contributed by atoms with Crippen molar-refractivity contribution in [2.75, 3.05) is 12.9 Å². The van der Waals surface area contributed by atoms with Gasteiger partial charge in [0.25, 0.3) is 0 Å². The summed E-state index contributed by atoms with van der Waals surface area (Å²) in [6, 6.07) is 10.0. The molecule has 0 radical (unpaired) electrons. The first-order chi connectivity index (χ1) is 7.06. The fourth-order valence-electron chi connectivity index (χ4n) is 1.12. The van der Waals surface area contributed by atoms with Crippen LogP contribution < -0.4 is 0 Å². The smallest absolute Gasteiger partial charge is 0.312 e. The fourth-order valence-corrected chi connectivity index (χ4v) is 2.11. The Bertz CT molecular complexity index is 320. The van der Waals surface area contributed by atoms with Crippen molar-refractivity contribution < 1.29 is 9.53 Å². The molecule has 0 saturated carbocycles. The van der Waals surface area contributed by atoms with Crippen LogP contribution in [0.3, 0.4) is 0 Å². The number of hydrogen-bond acceptors (Lipinski definition) is 3. The minimum Gasteiger partial charge on any atom is -0.469 e. The summed E-state index contributed by atoms with van der Waals surface area (Å²) in [6.45, 7) is 3.80. The molecule has 0 saturated heterocycles. The fraction of sp³-hybridized carbons (Fsp3) is 0.417. The number of methoxy groups -OCH3 is 1. The van der Waals surface area contributed by atoms with Gasteiger partial charge in [0.15, 0.2) is 0 Å². The van der Waals surface area contributed by atoms with Crippen molar-refractivity contribution in [1.82, 2.24) is 0 Å². The van der Waals surface area contributed by atoms with Crippen LogP contribution in [0.1, 0.15) is 13.8 Å². The van der Waals surface area contributed by atoms with Crippen LogP contribution in [-0.2, 0) is 9.53 Å². The Morgan fingerprint density at radius 1 is 1.33 bits per heavy atom. The van der Waals surface area contributed by atoms with Crippen LogP contribution in [0.2, 0.25) is 0 Å². The number of carbonyl (C=O) groups excluding carboxylic acids is 1. The third-order valence-corrected chi connectivity index (χ3v) is 3.55. The first kappa shape index (κ1) is 12.1. The molecule has 0 unspecified atom stereocenters. The standard InChI is InChI=1S/C12H16O2S/c1-12(2,11(13)14-3)9-15-10-7-5-4-6-8-10/h4-8H,9H2,1-3H3. The zero-order chi connectivity index (χ0) is 11.3. The molecule has 0 aliphatic carbocycles. The summed E-state index contributed by atoms with van der Waals surface area (Å²) in [4.78, 5) is 12.6. The van der Waals surface area contributed by atoms with E-state index in [0.29, 0.717) is 0 Å². The summed E-state index contributed by atoms with van der Waals surface area (Å²) in [6.07, 6.45) is 0. The van der Waals surface area contributed by atoms with E-state index >= 15 is 0 Å². The van der Waals surface area contributed by atoms with Crippen molar-refractivity contribution in [2.24, 2.45) is 5.41 Å². The molecule has 0 aliphatic heterocycles. The number of thioether (sulfide) groups is 1. The van der Waals surface area contributed by atoms with Crippen molar-refractivity contribution in [2.45, 2.75) is 18.7 Å². The third-order valence-electron chi connectivity index (χ3n) is 2.08. The van der Waals surface area contributed by atoms with Crippen molar-refractivity contribution in [1.29, 1.82) is 0 Å². The number of benzene rings is 1. The van der Waals surface area contributed by atoms with Gasteiger partial charge >= 0.3 is 5.97 Å². The highest BCUT2D eigenvalue weighted by Crippen LogP contribution is 2.28. The van der Waals surface area contributed by atoms with E-state index in [0.717, 1.165) is 5.75 Å². The second kappa shape index (κ2) is 5.21. The summed E-state index contributed by atoms with van der Waals surface area (Å²) in [5, 5.41) is 0. The lowest BCUT2D eigenvalue weighted by Gasteiger charge is -2.20. The lowest BCUT2D eigenvalue weighted by atomic mass is 9.97. The van der Waals surface area contributed by atoms with E-state index in [1.807, 2.05) is 44.2 Å². The van der Waals surface area contributed by atoms with Crippen LogP contribution in [0.15, 0.2) is 35.2 Å². The lowest BCUT2D eigenvalue weighted by molar-refractivity contribution is -0.149. The van der Waals surface area contributed by atoms with E-state index in [1.165, 1.54) is 12.0 Å². The molecule has 0 N–H and O–H groups in total. The average molecular weight is 224 g/mol. The molecule has 0 spiro atoms. The Kier molecular flexibility index (Phi) is 4.21. The maximum Gasteiger partial charge on any atom is 0.312 e. The maximum absolute atomic E-state index is 11.4. The minimum absolute atomic E-state index is 0.161. The molecule has 0 fully saturated rings. The molecule has 0 atom stereocenters. The van der Waals surface area contributed by atoms with E-state index in [-0.39, 0.29) is 5.97 Å². The second-order valence-electron chi connectivity index (χ2n) is 3.98. The van der Waals surface area contributed by atoms with Crippen LogP contribution in [0.5, 0.6) is 0 Å². The summed E-state index contributed by atoms with van der Waals surface area (Å²) in [5.74, 6) is 0.565. The van der Waals surface area contributed by atoms with E-state index in [1.54, 1.807) is 11.8 Å². The van der Waals surface area contributed by atoms with Crippen molar-refractivity contribution >= 4 is 17.7 Å². The van der Waals surface area contributed by atoms with Crippen LogP contribution in [0.25, 0.3) is 0 Å². The predicted octanol–water partition coefficient (Wildman–Crippen LogP) is 2.98. The Balaban J connectivity index is 2.53. The zero-order valence-corrected chi connectivity index (χ0v) is 10.1. The highest BCUT2D eigenvalue weighted by atomic mass is 32.2. The quantitative estimate of drug-likeness (QED) is 0.581. The van der Waals surface area contributed by atoms with Gasteiger partial charge in [0.2, 0.25) is 0 Å². The molecule has 0 heterocycles. The van der Waals surface area contributed by atoms with Gasteiger partial charge in [0, 0.05) is 10.6 Å². The van der Waals surface area contributed by atoms with Crippen LogP contribution in [0.4, 0.5) is 0 Å². The van der Waals surface area contributed by atoms with Gasteiger partial charge < -0.3 is 4.74 Å². The molecule has 1 rings (SSSR count). The van der Waals surface area contributed by atoms with Crippen molar-refractivity contribution in [3.63, 3.8) is 0 Å². The molecule has 82 valence electrons. The van der Waals surface area contributed by atoms with Gasteiger partial charge in [-0.3, -0.25) is 4.79 Å². The Labute approximate surface area is 95.0 Å². The highest BCUT2D eigenvalue weighted by molar-refractivity contribution is 7.99. The Hall–Kier alpha value is -0.960. The topological polar surface area (TPSA) is 26.3 Å². The number of esters is 1. The summed E-state index contributed by atoms with van der Waals surface area (Å²) < 4.78 is 4.75. The zero-order valence-electron chi connectivity index (χ0n) is 9.32. The maximum atomic E-state index is 11.4. The molecule has 1 aromatic rings. The van der Waals surface area contributed by atoms with E-state index in [2.05, 4.69) is 0 Å². The Morgan fingerprint density at radius 3 is 2.47 bits per heavy atom. The lowest BCUT2D eigenvalue weighted by Crippen LogP contribution is -2.28. The number of carbonyl (C=O) groups is 1. The van der Waals surface area contributed by atoms with E-state index in [9.17, 15) is 4.79 Å². The van der Waals surface area contributed by atoms with Crippen LogP contribution in [-0.4, -0.2) is 18.8 Å². The molecule has 0 bridgehead atoms. The number of hydrogen-bond donors (Lipinski definition) is 0.